The van der Waals surface area contributed by atoms with Crippen molar-refractivity contribution in [3.8, 4) is 0 Å². The third-order valence-electron chi connectivity index (χ3n) is 2.10. The van der Waals surface area contributed by atoms with E-state index in [1.165, 1.54) is 6.20 Å². The standard InChI is InChI=1S/C9H15N5/c1-6(2)14(3)9-7(8(10)11)4-5-12-13-9/h4-6H,1-3H3,(H3,10,11). The van der Waals surface area contributed by atoms with E-state index in [0.29, 0.717) is 17.4 Å². The number of hydrogen-bond donors (Lipinski definition) is 2. The van der Waals surface area contributed by atoms with Crippen molar-refractivity contribution in [3.63, 3.8) is 0 Å². The van der Waals surface area contributed by atoms with E-state index in [2.05, 4.69) is 10.2 Å². The van der Waals surface area contributed by atoms with Gasteiger partial charge in [-0.2, -0.15) is 5.10 Å². The van der Waals surface area contributed by atoms with Crippen LogP contribution in [0.5, 0.6) is 0 Å². The maximum absolute atomic E-state index is 7.39. The first-order valence-electron chi connectivity index (χ1n) is 4.43. The van der Waals surface area contributed by atoms with E-state index in [9.17, 15) is 0 Å². The van der Waals surface area contributed by atoms with Gasteiger partial charge in [0.2, 0.25) is 0 Å². The summed E-state index contributed by atoms with van der Waals surface area (Å²) in [5.41, 5.74) is 6.06. The minimum absolute atomic E-state index is 0.0161. The van der Waals surface area contributed by atoms with Crippen LogP contribution in [0.25, 0.3) is 0 Å². The summed E-state index contributed by atoms with van der Waals surface area (Å²) in [6.45, 7) is 4.08. The molecule has 14 heavy (non-hydrogen) atoms. The van der Waals surface area contributed by atoms with Crippen LogP contribution in [0.1, 0.15) is 19.4 Å². The largest absolute Gasteiger partial charge is 0.384 e. The molecule has 0 unspecified atom stereocenters. The van der Waals surface area contributed by atoms with Crippen LogP contribution in [-0.2, 0) is 0 Å². The van der Waals surface area contributed by atoms with Gasteiger partial charge in [0.15, 0.2) is 5.82 Å². The van der Waals surface area contributed by atoms with Crippen molar-refractivity contribution < 1.29 is 0 Å². The lowest BCUT2D eigenvalue weighted by molar-refractivity contribution is 0.733. The molecule has 3 N–H and O–H groups in total. The van der Waals surface area contributed by atoms with Crippen LogP contribution in [0.15, 0.2) is 12.3 Å². The highest BCUT2D eigenvalue weighted by Crippen LogP contribution is 2.15. The first-order valence-corrected chi connectivity index (χ1v) is 4.43. The van der Waals surface area contributed by atoms with Crippen LogP contribution >= 0.6 is 0 Å². The Kier molecular flexibility index (Phi) is 3.01. The minimum Gasteiger partial charge on any atom is -0.384 e. The van der Waals surface area contributed by atoms with E-state index >= 15 is 0 Å². The second kappa shape index (κ2) is 4.04. The number of nitrogens with two attached hydrogens (primary N) is 1. The normalized spacial score (nSPS) is 10.3. The predicted octanol–water partition coefficient (Wildman–Crippen LogP) is 0.605. The Morgan fingerprint density at radius 2 is 2.21 bits per heavy atom. The Hall–Kier alpha value is -1.65. The molecule has 1 rings (SSSR count). The number of amidine groups is 1. The van der Waals surface area contributed by atoms with Crippen molar-refractivity contribution in [1.82, 2.24) is 10.2 Å². The molecule has 0 aromatic carbocycles. The minimum atomic E-state index is 0.0161. The van der Waals surface area contributed by atoms with E-state index < -0.39 is 0 Å². The number of anilines is 1. The van der Waals surface area contributed by atoms with Gasteiger partial charge in [-0.25, -0.2) is 0 Å². The van der Waals surface area contributed by atoms with Crippen molar-refractivity contribution in [2.45, 2.75) is 19.9 Å². The zero-order valence-corrected chi connectivity index (χ0v) is 8.65. The molecule has 0 saturated carbocycles. The molecule has 0 saturated heterocycles. The molecule has 0 fully saturated rings. The van der Waals surface area contributed by atoms with Crippen LogP contribution < -0.4 is 10.6 Å². The van der Waals surface area contributed by atoms with E-state index in [4.69, 9.17) is 11.1 Å². The molecule has 0 amide bonds. The maximum atomic E-state index is 7.39. The first-order chi connectivity index (χ1) is 6.54. The average Bonchev–Trinajstić information content (AvgIpc) is 2.16. The molecular weight excluding hydrogens is 178 g/mol. The van der Waals surface area contributed by atoms with Crippen LogP contribution in [0.4, 0.5) is 5.82 Å². The molecule has 0 spiro atoms. The molecule has 0 bridgehead atoms. The van der Waals surface area contributed by atoms with Crippen molar-refractivity contribution in [2.24, 2.45) is 5.73 Å². The van der Waals surface area contributed by atoms with E-state index in [1.54, 1.807) is 6.07 Å². The first kappa shape index (κ1) is 10.4. The molecule has 0 aliphatic carbocycles. The summed E-state index contributed by atoms with van der Waals surface area (Å²) in [5.74, 6) is 0.664. The second-order valence-corrected chi connectivity index (χ2v) is 3.39. The summed E-state index contributed by atoms with van der Waals surface area (Å²) in [4.78, 5) is 1.93. The molecule has 5 heteroatoms. The monoisotopic (exact) mass is 193 g/mol. The summed E-state index contributed by atoms with van der Waals surface area (Å²) >= 11 is 0. The highest BCUT2D eigenvalue weighted by molar-refractivity contribution is 5.99. The number of rotatable bonds is 3. The van der Waals surface area contributed by atoms with Crippen molar-refractivity contribution >= 4 is 11.7 Å². The number of nitrogen functional groups attached to an aromatic ring is 1. The quantitative estimate of drug-likeness (QED) is 0.544. The Morgan fingerprint density at radius 3 is 2.71 bits per heavy atom. The zero-order valence-electron chi connectivity index (χ0n) is 8.65. The van der Waals surface area contributed by atoms with E-state index in [1.807, 2.05) is 25.8 Å². The number of aromatic nitrogens is 2. The van der Waals surface area contributed by atoms with Gasteiger partial charge in [-0.15, -0.1) is 5.10 Å². The van der Waals surface area contributed by atoms with Gasteiger partial charge < -0.3 is 10.6 Å². The number of hydrogen-bond acceptors (Lipinski definition) is 4. The Morgan fingerprint density at radius 1 is 1.57 bits per heavy atom. The summed E-state index contributed by atoms with van der Waals surface area (Å²) in [6, 6.07) is 1.99. The molecule has 0 radical (unpaired) electrons. The number of nitrogens with one attached hydrogen (secondary N) is 1. The Bertz CT molecular complexity index is 334. The topological polar surface area (TPSA) is 78.9 Å². The van der Waals surface area contributed by atoms with Gasteiger partial charge in [-0.3, -0.25) is 5.41 Å². The third-order valence-corrected chi connectivity index (χ3v) is 2.10. The van der Waals surface area contributed by atoms with Gasteiger partial charge in [-0.1, -0.05) is 0 Å². The lowest BCUT2D eigenvalue weighted by Gasteiger charge is -2.23. The second-order valence-electron chi connectivity index (χ2n) is 3.39. The molecule has 1 aromatic heterocycles. The molecular formula is C9H15N5. The molecule has 0 aliphatic rings. The molecule has 1 aromatic rings. The summed E-state index contributed by atoms with van der Waals surface area (Å²) in [5, 5.41) is 15.2. The van der Waals surface area contributed by atoms with Gasteiger partial charge in [0.05, 0.1) is 11.8 Å². The third kappa shape index (κ3) is 1.99. The SMILES string of the molecule is CC(C)N(C)c1nnccc1C(=N)N. The molecule has 0 atom stereocenters. The fourth-order valence-corrected chi connectivity index (χ4v) is 1.04. The average molecular weight is 193 g/mol. The lowest BCUT2D eigenvalue weighted by atomic mass is 10.2. The number of nitrogens with zero attached hydrogens (tertiary/aromatic N) is 3. The highest BCUT2D eigenvalue weighted by Gasteiger charge is 2.13. The lowest BCUT2D eigenvalue weighted by Crippen LogP contribution is -2.29. The Balaban J connectivity index is 3.13. The van der Waals surface area contributed by atoms with Crippen LogP contribution in [0, 0.1) is 5.41 Å². The van der Waals surface area contributed by atoms with E-state index in [-0.39, 0.29) is 5.84 Å². The van der Waals surface area contributed by atoms with Crippen LogP contribution in [-0.4, -0.2) is 29.1 Å². The van der Waals surface area contributed by atoms with Crippen LogP contribution in [0.2, 0.25) is 0 Å². The van der Waals surface area contributed by atoms with Crippen LogP contribution in [0.3, 0.4) is 0 Å². The van der Waals surface area contributed by atoms with Gasteiger partial charge >= 0.3 is 0 Å². The molecule has 76 valence electrons. The predicted molar refractivity (Wildman–Crippen MR) is 56.6 cm³/mol. The van der Waals surface area contributed by atoms with Crippen molar-refractivity contribution in [2.75, 3.05) is 11.9 Å². The zero-order chi connectivity index (χ0) is 10.7. The molecule has 0 aliphatic heterocycles. The fraction of sp³-hybridized carbons (Fsp3) is 0.444. The van der Waals surface area contributed by atoms with Gasteiger partial charge in [0.25, 0.3) is 0 Å². The molecule has 1 heterocycles. The highest BCUT2D eigenvalue weighted by atomic mass is 15.3. The van der Waals surface area contributed by atoms with Gasteiger partial charge in [-0.05, 0) is 19.9 Å². The molecule has 5 nitrogen and oxygen atoms in total. The smallest absolute Gasteiger partial charge is 0.162 e. The van der Waals surface area contributed by atoms with Crippen molar-refractivity contribution in [1.29, 1.82) is 5.41 Å². The van der Waals surface area contributed by atoms with E-state index in [0.717, 1.165) is 0 Å². The summed E-state index contributed by atoms with van der Waals surface area (Å²) in [7, 11) is 1.90. The summed E-state index contributed by atoms with van der Waals surface area (Å²) < 4.78 is 0. The van der Waals surface area contributed by atoms with Gasteiger partial charge in [0.1, 0.15) is 5.84 Å². The Labute approximate surface area is 83.4 Å². The fourth-order valence-electron chi connectivity index (χ4n) is 1.04. The van der Waals surface area contributed by atoms with Gasteiger partial charge in [0, 0.05) is 13.1 Å². The maximum Gasteiger partial charge on any atom is 0.162 e. The summed E-state index contributed by atoms with van der Waals surface area (Å²) in [6.07, 6.45) is 1.54. The van der Waals surface area contributed by atoms with Crippen molar-refractivity contribution in [3.05, 3.63) is 17.8 Å².